The largest absolute Gasteiger partial charge is 0.396 e. The topological polar surface area (TPSA) is 49.3 Å². The Morgan fingerprint density at radius 1 is 1.29 bits per heavy atom. The second kappa shape index (κ2) is 7.75. The van der Waals surface area contributed by atoms with Gasteiger partial charge in [-0.05, 0) is 42.9 Å². The first-order valence-corrected chi connectivity index (χ1v) is 8.04. The SMILES string of the molecule is O=C(CSc1ccc(F)c(F)c1)NCC1CCCC1CO. The van der Waals surface area contributed by atoms with Crippen molar-refractivity contribution >= 4 is 17.7 Å². The molecule has 0 bridgehead atoms. The molecule has 1 aromatic rings. The number of benzene rings is 1. The fourth-order valence-corrected chi connectivity index (χ4v) is 3.39. The Balaban J connectivity index is 1.73. The highest BCUT2D eigenvalue weighted by molar-refractivity contribution is 8.00. The Morgan fingerprint density at radius 3 is 2.76 bits per heavy atom. The van der Waals surface area contributed by atoms with Crippen molar-refractivity contribution in [2.45, 2.75) is 24.2 Å². The quantitative estimate of drug-likeness (QED) is 0.793. The van der Waals surface area contributed by atoms with Crippen molar-refractivity contribution < 1.29 is 18.7 Å². The van der Waals surface area contributed by atoms with E-state index >= 15 is 0 Å². The molecule has 0 radical (unpaired) electrons. The molecule has 0 spiro atoms. The van der Waals surface area contributed by atoms with Gasteiger partial charge >= 0.3 is 0 Å². The predicted molar refractivity (Wildman–Crippen MR) is 78.0 cm³/mol. The molecular formula is C15H19F2NO2S. The summed E-state index contributed by atoms with van der Waals surface area (Å²) in [6, 6.07) is 3.60. The van der Waals surface area contributed by atoms with Gasteiger partial charge in [0.25, 0.3) is 0 Å². The number of amides is 1. The molecule has 2 rings (SSSR count). The van der Waals surface area contributed by atoms with Crippen LogP contribution in [0.15, 0.2) is 23.1 Å². The van der Waals surface area contributed by atoms with Gasteiger partial charge in [-0.3, -0.25) is 4.79 Å². The summed E-state index contributed by atoms with van der Waals surface area (Å²) in [6.45, 7) is 0.743. The van der Waals surface area contributed by atoms with Crippen LogP contribution < -0.4 is 5.32 Å². The summed E-state index contributed by atoms with van der Waals surface area (Å²) in [4.78, 5) is 12.3. The van der Waals surface area contributed by atoms with E-state index in [1.807, 2.05) is 0 Å². The van der Waals surface area contributed by atoms with Crippen LogP contribution in [0.3, 0.4) is 0 Å². The summed E-state index contributed by atoms with van der Waals surface area (Å²) < 4.78 is 25.8. The molecule has 1 fully saturated rings. The van der Waals surface area contributed by atoms with Gasteiger partial charge in [0, 0.05) is 18.0 Å². The summed E-state index contributed by atoms with van der Waals surface area (Å²) in [5, 5.41) is 12.1. The first-order chi connectivity index (χ1) is 10.1. The van der Waals surface area contributed by atoms with Crippen molar-refractivity contribution in [2.75, 3.05) is 18.9 Å². The number of rotatable bonds is 6. The van der Waals surface area contributed by atoms with E-state index in [0.29, 0.717) is 17.4 Å². The van der Waals surface area contributed by atoms with Crippen LogP contribution in [-0.4, -0.2) is 29.9 Å². The highest BCUT2D eigenvalue weighted by atomic mass is 32.2. The number of hydrogen-bond donors (Lipinski definition) is 2. The highest BCUT2D eigenvalue weighted by Crippen LogP contribution is 2.30. The van der Waals surface area contributed by atoms with Crippen LogP contribution in [0.4, 0.5) is 8.78 Å². The number of hydrogen-bond acceptors (Lipinski definition) is 3. The highest BCUT2D eigenvalue weighted by Gasteiger charge is 2.26. The van der Waals surface area contributed by atoms with Gasteiger partial charge < -0.3 is 10.4 Å². The van der Waals surface area contributed by atoms with E-state index < -0.39 is 11.6 Å². The van der Waals surface area contributed by atoms with Crippen LogP contribution in [-0.2, 0) is 4.79 Å². The summed E-state index contributed by atoms with van der Waals surface area (Å²) in [6.07, 6.45) is 3.14. The molecule has 2 N–H and O–H groups in total. The van der Waals surface area contributed by atoms with Crippen LogP contribution >= 0.6 is 11.8 Å². The minimum Gasteiger partial charge on any atom is -0.396 e. The fraction of sp³-hybridized carbons (Fsp3) is 0.533. The predicted octanol–water partition coefficient (Wildman–Crippen LogP) is 2.58. The van der Waals surface area contributed by atoms with Crippen molar-refractivity contribution in [1.82, 2.24) is 5.32 Å². The minimum absolute atomic E-state index is 0.131. The van der Waals surface area contributed by atoms with E-state index in [2.05, 4.69) is 5.32 Å². The van der Waals surface area contributed by atoms with Crippen molar-refractivity contribution in [3.63, 3.8) is 0 Å². The lowest BCUT2D eigenvalue weighted by Crippen LogP contribution is -2.32. The molecule has 116 valence electrons. The van der Waals surface area contributed by atoms with Gasteiger partial charge in [0.15, 0.2) is 11.6 Å². The maximum Gasteiger partial charge on any atom is 0.230 e. The number of carbonyl (C=O) groups is 1. The molecule has 2 atom stereocenters. The minimum atomic E-state index is -0.905. The molecular weight excluding hydrogens is 296 g/mol. The van der Waals surface area contributed by atoms with Gasteiger partial charge in [-0.25, -0.2) is 8.78 Å². The summed E-state index contributed by atoms with van der Waals surface area (Å²) >= 11 is 1.17. The van der Waals surface area contributed by atoms with Gasteiger partial charge in [0.2, 0.25) is 5.91 Å². The van der Waals surface area contributed by atoms with Crippen LogP contribution in [0.5, 0.6) is 0 Å². The molecule has 1 amide bonds. The number of carbonyl (C=O) groups excluding carboxylic acids is 1. The van der Waals surface area contributed by atoms with Crippen LogP contribution in [0, 0.1) is 23.5 Å². The van der Waals surface area contributed by atoms with Crippen LogP contribution in [0.2, 0.25) is 0 Å². The van der Waals surface area contributed by atoms with Gasteiger partial charge in [0.05, 0.1) is 5.75 Å². The molecule has 1 saturated carbocycles. The molecule has 3 nitrogen and oxygen atoms in total. The van der Waals surface area contributed by atoms with Gasteiger partial charge in [0.1, 0.15) is 0 Å². The number of thioether (sulfide) groups is 1. The molecule has 1 aliphatic rings. The van der Waals surface area contributed by atoms with Crippen molar-refractivity contribution in [2.24, 2.45) is 11.8 Å². The van der Waals surface area contributed by atoms with E-state index in [9.17, 15) is 18.7 Å². The van der Waals surface area contributed by atoms with Crippen LogP contribution in [0.1, 0.15) is 19.3 Å². The number of aliphatic hydroxyl groups is 1. The first kappa shape index (κ1) is 16.2. The van der Waals surface area contributed by atoms with E-state index in [0.717, 1.165) is 31.4 Å². The first-order valence-electron chi connectivity index (χ1n) is 7.05. The summed E-state index contributed by atoms with van der Waals surface area (Å²) in [5.41, 5.74) is 0. The zero-order chi connectivity index (χ0) is 15.2. The third kappa shape index (κ3) is 4.68. The zero-order valence-corrected chi connectivity index (χ0v) is 12.5. The van der Waals surface area contributed by atoms with E-state index in [1.165, 1.54) is 17.8 Å². The number of nitrogens with one attached hydrogen (secondary N) is 1. The molecule has 1 aromatic carbocycles. The molecule has 2 unspecified atom stereocenters. The lowest BCUT2D eigenvalue weighted by atomic mass is 9.97. The molecule has 0 aromatic heterocycles. The third-order valence-corrected chi connectivity index (χ3v) is 4.87. The van der Waals surface area contributed by atoms with Crippen LogP contribution in [0.25, 0.3) is 0 Å². The standard InChI is InChI=1S/C15H19F2NO2S/c16-13-5-4-12(6-14(13)17)21-9-15(20)18-7-10-2-1-3-11(10)8-19/h4-6,10-11,19H,1-3,7-9H2,(H,18,20). The lowest BCUT2D eigenvalue weighted by molar-refractivity contribution is -0.118. The summed E-state index contributed by atoms with van der Waals surface area (Å²) in [5.74, 6) is -1.14. The molecule has 0 aliphatic heterocycles. The second-order valence-electron chi connectivity index (χ2n) is 5.30. The van der Waals surface area contributed by atoms with E-state index in [4.69, 9.17) is 0 Å². The van der Waals surface area contributed by atoms with Gasteiger partial charge in [-0.15, -0.1) is 11.8 Å². The van der Waals surface area contributed by atoms with E-state index in [1.54, 1.807) is 0 Å². The Morgan fingerprint density at radius 2 is 2.05 bits per heavy atom. The average molecular weight is 315 g/mol. The molecule has 0 saturated heterocycles. The van der Waals surface area contributed by atoms with Gasteiger partial charge in [-0.1, -0.05) is 6.42 Å². The Labute approximate surface area is 127 Å². The molecule has 6 heteroatoms. The Kier molecular flexibility index (Phi) is 5.99. The average Bonchev–Trinajstić information content (AvgIpc) is 2.94. The normalized spacial score (nSPS) is 21.5. The van der Waals surface area contributed by atoms with Crippen molar-refractivity contribution in [3.05, 3.63) is 29.8 Å². The second-order valence-corrected chi connectivity index (χ2v) is 6.35. The maximum atomic E-state index is 13.0. The summed E-state index contributed by atoms with van der Waals surface area (Å²) in [7, 11) is 0. The Bertz CT molecular complexity index is 499. The zero-order valence-electron chi connectivity index (χ0n) is 11.6. The molecule has 21 heavy (non-hydrogen) atoms. The number of aliphatic hydroxyl groups excluding tert-OH is 1. The van der Waals surface area contributed by atoms with E-state index in [-0.39, 0.29) is 24.2 Å². The lowest BCUT2D eigenvalue weighted by Gasteiger charge is -2.17. The molecule has 1 aliphatic carbocycles. The Hall–Kier alpha value is -1.14. The third-order valence-electron chi connectivity index (χ3n) is 3.87. The van der Waals surface area contributed by atoms with Crippen molar-refractivity contribution in [3.8, 4) is 0 Å². The molecule has 0 heterocycles. The van der Waals surface area contributed by atoms with Crippen molar-refractivity contribution in [1.29, 1.82) is 0 Å². The smallest absolute Gasteiger partial charge is 0.230 e. The number of halogens is 2. The monoisotopic (exact) mass is 315 g/mol. The fourth-order valence-electron chi connectivity index (χ4n) is 2.63. The van der Waals surface area contributed by atoms with Gasteiger partial charge in [-0.2, -0.15) is 0 Å². The maximum absolute atomic E-state index is 13.0.